The van der Waals surface area contributed by atoms with Crippen LogP contribution in [-0.2, 0) is 27.3 Å². The van der Waals surface area contributed by atoms with Crippen LogP contribution in [0.2, 0.25) is 0 Å². The third-order valence-electron chi connectivity index (χ3n) is 4.80. The minimum absolute atomic E-state index is 0.200. The number of nitrogens with zero attached hydrogens (tertiary/aromatic N) is 1. The predicted octanol–water partition coefficient (Wildman–Crippen LogP) is 4.08. The number of ether oxygens (including phenoxy) is 1. The summed E-state index contributed by atoms with van der Waals surface area (Å²) in [6.45, 7) is 2.11. The molecule has 3 rings (SSSR count). The molecule has 1 N–H and O–H groups in total. The van der Waals surface area contributed by atoms with E-state index < -0.39 is 6.10 Å². The van der Waals surface area contributed by atoms with Gasteiger partial charge in [-0.1, -0.05) is 48.5 Å². The van der Waals surface area contributed by atoms with E-state index in [4.69, 9.17) is 4.74 Å². The number of nitrogens with one attached hydrogen (secondary N) is 1. The lowest BCUT2D eigenvalue weighted by atomic mass is 10.1. The van der Waals surface area contributed by atoms with Gasteiger partial charge in [-0.25, -0.2) is 0 Å². The molecular weight excluding hydrogens is 352 g/mol. The molecule has 0 spiro atoms. The van der Waals surface area contributed by atoms with Crippen LogP contribution in [0.4, 0.5) is 0 Å². The van der Waals surface area contributed by atoms with E-state index in [0.29, 0.717) is 19.4 Å². The molecule has 2 aromatic carbocycles. The minimum Gasteiger partial charge on any atom is -0.453 e. The molecule has 5 heteroatoms. The van der Waals surface area contributed by atoms with Crippen LogP contribution in [-0.4, -0.2) is 34.9 Å². The number of benzene rings is 2. The molecular formula is C23H26N2O3. The predicted molar refractivity (Wildman–Crippen MR) is 110 cm³/mol. The van der Waals surface area contributed by atoms with Gasteiger partial charge in [-0.05, 0) is 37.0 Å². The first-order valence-corrected chi connectivity index (χ1v) is 9.58. The second-order valence-electron chi connectivity index (χ2n) is 7.03. The van der Waals surface area contributed by atoms with E-state index in [1.165, 1.54) is 10.9 Å². The van der Waals surface area contributed by atoms with Gasteiger partial charge < -0.3 is 14.6 Å². The third-order valence-corrected chi connectivity index (χ3v) is 4.80. The number of amides is 1. The Kier molecular flexibility index (Phi) is 6.48. The molecule has 0 saturated heterocycles. The average Bonchev–Trinajstić information content (AvgIpc) is 3.11. The average molecular weight is 378 g/mol. The Labute approximate surface area is 165 Å². The van der Waals surface area contributed by atoms with Crippen molar-refractivity contribution >= 4 is 22.8 Å². The van der Waals surface area contributed by atoms with E-state index in [1.807, 2.05) is 54.7 Å². The molecule has 1 amide bonds. The number of hydrogen-bond donors (Lipinski definition) is 1. The number of aryl methyl sites for hydroxylation is 1. The number of likely N-dealkylation sites (N-methyl/N-ethyl adjacent to an activating group) is 1. The van der Waals surface area contributed by atoms with Crippen LogP contribution >= 0.6 is 0 Å². The Morgan fingerprint density at radius 2 is 1.79 bits per heavy atom. The van der Waals surface area contributed by atoms with Crippen molar-refractivity contribution in [1.82, 2.24) is 9.88 Å². The number of carbonyl (C=O) groups is 2. The summed E-state index contributed by atoms with van der Waals surface area (Å²) < 4.78 is 5.34. The highest BCUT2D eigenvalue weighted by molar-refractivity contribution is 5.84. The Morgan fingerprint density at radius 3 is 2.57 bits per heavy atom. The molecule has 0 radical (unpaired) electrons. The Bertz CT molecular complexity index is 933. The van der Waals surface area contributed by atoms with Crippen molar-refractivity contribution in [3.8, 4) is 0 Å². The highest BCUT2D eigenvalue weighted by Crippen LogP contribution is 2.19. The van der Waals surface area contributed by atoms with E-state index in [9.17, 15) is 9.59 Å². The molecule has 28 heavy (non-hydrogen) atoms. The zero-order chi connectivity index (χ0) is 19.9. The normalized spacial score (nSPS) is 11.9. The number of rotatable bonds is 8. The van der Waals surface area contributed by atoms with Crippen molar-refractivity contribution in [3.05, 3.63) is 71.9 Å². The number of aromatic nitrogens is 1. The van der Waals surface area contributed by atoms with Gasteiger partial charge in [0, 0.05) is 37.1 Å². The highest BCUT2D eigenvalue weighted by Gasteiger charge is 2.21. The molecule has 146 valence electrons. The fourth-order valence-corrected chi connectivity index (χ4v) is 3.31. The van der Waals surface area contributed by atoms with Gasteiger partial charge in [0.25, 0.3) is 5.91 Å². The first kappa shape index (κ1) is 19.7. The Hall–Kier alpha value is -3.08. The first-order valence-electron chi connectivity index (χ1n) is 9.58. The molecule has 0 aliphatic heterocycles. The van der Waals surface area contributed by atoms with Crippen LogP contribution in [0, 0.1) is 0 Å². The Morgan fingerprint density at radius 1 is 1.07 bits per heavy atom. The van der Waals surface area contributed by atoms with Crippen LogP contribution in [0.5, 0.6) is 0 Å². The molecule has 0 fully saturated rings. The van der Waals surface area contributed by atoms with Gasteiger partial charge in [0.05, 0.1) is 0 Å². The number of H-pyrrole nitrogens is 1. The van der Waals surface area contributed by atoms with Crippen LogP contribution in [0.15, 0.2) is 60.8 Å². The zero-order valence-corrected chi connectivity index (χ0v) is 16.4. The van der Waals surface area contributed by atoms with Gasteiger partial charge >= 0.3 is 5.97 Å². The lowest BCUT2D eigenvalue weighted by molar-refractivity contribution is -0.158. The molecule has 1 heterocycles. The molecule has 0 bridgehead atoms. The first-order chi connectivity index (χ1) is 13.5. The van der Waals surface area contributed by atoms with E-state index in [-0.39, 0.29) is 11.9 Å². The van der Waals surface area contributed by atoms with Gasteiger partial charge in [0.2, 0.25) is 0 Å². The number of fused-ring (bicyclic) bond motifs is 1. The smallest absolute Gasteiger partial charge is 0.306 e. The molecule has 1 aromatic heterocycles. The number of para-hydroxylation sites is 1. The molecule has 1 atom stereocenters. The van der Waals surface area contributed by atoms with Crippen molar-refractivity contribution in [2.45, 2.75) is 38.8 Å². The largest absolute Gasteiger partial charge is 0.453 e. The molecule has 0 aliphatic carbocycles. The second-order valence-corrected chi connectivity index (χ2v) is 7.03. The van der Waals surface area contributed by atoms with Gasteiger partial charge in [-0.15, -0.1) is 0 Å². The van der Waals surface area contributed by atoms with E-state index in [0.717, 1.165) is 17.5 Å². The number of hydrogen-bond acceptors (Lipinski definition) is 3. The van der Waals surface area contributed by atoms with Crippen LogP contribution < -0.4 is 0 Å². The SMILES string of the molecule is C[C@@H](OC(=O)CCCc1c[nH]c2ccccc12)C(=O)N(C)Cc1ccccc1. The van der Waals surface area contributed by atoms with Gasteiger partial charge in [-0.2, -0.15) is 0 Å². The maximum absolute atomic E-state index is 12.4. The van der Waals surface area contributed by atoms with E-state index >= 15 is 0 Å². The zero-order valence-electron chi connectivity index (χ0n) is 16.4. The monoisotopic (exact) mass is 378 g/mol. The molecule has 3 aromatic rings. The number of carbonyl (C=O) groups excluding carboxylic acids is 2. The third kappa shape index (κ3) is 5.00. The molecule has 0 aliphatic rings. The number of aromatic amines is 1. The minimum atomic E-state index is -0.783. The second kappa shape index (κ2) is 9.22. The van der Waals surface area contributed by atoms with Crippen molar-refractivity contribution in [2.75, 3.05) is 7.05 Å². The van der Waals surface area contributed by atoms with Crippen molar-refractivity contribution < 1.29 is 14.3 Å². The summed E-state index contributed by atoms with van der Waals surface area (Å²) in [5.74, 6) is -0.539. The van der Waals surface area contributed by atoms with Crippen LogP contribution in [0.1, 0.15) is 30.9 Å². The highest BCUT2D eigenvalue weighted by atomic mass is 16.5. The van der Waals surface area contributed by atoms with Crippen molar-refractivity contribution in [3.63, 3.8) is 0 Å². The maximum atomic E-state index is 12.4. The fourth-order valence-electron chi connectivity index (χ4n) is 3.31. The van der Waals surface area contributed by atoms with Crippen LogP contribution in [0.3, 0.4) is 0 Å². The molecule has 0 unspecified atom stereocenters. The lowest BCUT2D eigenvalue weighted by Gasteiger charge is -2.21. The van der Waals surface area contributed by atoms with Gasteiger partial charge in [-0.3, -0.25) is 9.59 Å². The summed E-state index contributed by atoms with van der Waals surface area (Å²) in [6.07, 6.45) is 2.96. The summed E-state index contributed by atoms with van der Waals surface area (Å²) in [6, 6.07) is 17.8. The quantitative estimate of drug-likeness (QED) is 0.601. The summed E-state index contributed by atoms with van der Waals surface area (Å²) in [7, 11) is 1.72. The van der Waals surface area contributed by atoms with E-state index in [1.54, 1.807) is 18.9 Å². The van der Waals surface area contributed by atoms with E-state index in [2.05, 4.69) is 11.1 Å². The number of esters is 1. The molecule has 5 nitrogen and oxygen atoms in total. The lowest BCUT2D eigenvalue weighted by Crippen LogP contribution is -2.37. The standard InChI is InChI=1S/C23H26N2O3/c1-17(23(27)25(2)16-18-9-4-3-5-10-18)28-22(26)14-8-11-19-15-24-21-13-7-6-12-20(19)21/h3-7,9-10,12-13,15,17,24H,8,11,14,16H2,1-2H3/t17-/m1/s1. The summed E-state index contributed by atoms with van der Waals surface area (Å²) in [5, 5.41) is 1.18. The van der Waals surface area contributed by atoms with Gasteiger partial charge in [0.15, 0.2) is 6.10 Å². The topological polar surface area (TPSA) is 62.4 Å². The Balaban J connectivity index is 1.44. The summed E-state index contributed by atoms with van der Waals surface area (Å²) >= 11 is 0. The fraction of sp³-hybridized carbons (Fsp3) is 0.304. The van der Waals surface area contributed by atoms with Crippen molar-refractivity contribution in [1.29, 1.82) is 0 Å². The van der Waals surface area contributed by atoms with Gasteiger partial charge in [0.1, 0.15) is 0 Å². The summed E-state index contributed by atoms with van der Waals surface area (Å²) in [4.78, 5) is 29.4. The molecule has 0 saturated carbocycles. The van der Waals surface area contributed by atoms with Crippen molar-refractivity contribution in [2.24, 2.45) is 0 Å². The maximum Gasteiger partial charge on any atom is 0.306 e. The summed E-state index contributed by atoms with van der Waals surface area (Å²) in [5.41, 5.74) is 3.33. The van der Waals surface area contributed by atoms with Crippen LogP contribution in [0.25, 0.3) is 10.9 Å².